The zero-order valence-corrected chi connectivity index (χ0v) is 11.9. The lowest BCUT2D eigenvalue weighted by atomic mass is 10.1. The van der Waals surface area contributed by atoms with Gasteiger partial charge in [-0.05, 0) is 25.5 Å². The van der Waals surface area contributed by atoms with Gasteiger partial charge in [0, 0.05) is 12.7 Å². The number of nitrogens with two attached hydrogens (primary N) is 1. The summed E-state index contributed by atoms with van der Waals surface area (Å²) in [5.41, 5.74) is 5.82. The Morgan fingerprint density at radius 1 is 1.32 bits per heavy atom. The Kier molecular flexibility index (Phi) is 3.87. The average Bonchev–Trinajstić information content (AvgIpc) is 2.38. The number of nitrogen functional groups attached to an aromatic ring is 1. The third-order valence-corrected chi connectivity index (χ3v) is 3.15. The van der Waals surface area contributed by atoms with Crippen molar-refractivity contribution in [1.29, 1.82) is 0 Å². The SMILES string of the molecule is Cc1ccc(N(C)c2nc(NN)ncc2Cl)c(C)c1. The van der Waals surface area contributed by atoms with Crippen LogP contribution in [0.1, 0.15) is 11.1 Å². The van der Waals surface area contributed by atoms with Crippen molar-refractivity contribution in [2.45, 2.75) is 13.8 Å². The molecule has 1 aromatic carbocycles. The summed E-state index contributed by atoms with van der Waals surface area (Å²) in [6.45, 7) is 4.11. The van der Waals surface area contributed by atoms with Crippen molar-refractivity contribution >= 4 is 29.1 Å². The molecule has 3 N–H and O–H groups in total. The molecule has 1 heterocycles. The molecule has 19 heavy (non-hydrogen) atoms. The van der Waals surface area contributed by atoms with E-state index in [4.69, 9.17) is 17.4 Å². The molecule has 0 unspecified atom stereocenters. The van der Waals surface area contributed by atoms with Gasteiger partial charge in [0.25, 0.3) is 0 Å². The summed E-state index contributed by atoms with van der Waals surface area (Å²) in [7, 11) is 1.91. The normalized spacial score (nSPS) is 10.4. The van der Waals surface area contributed by atoms with Gasteiger partial charge >= 0.3 is 0 Å². The highest BCUT2D eigenvalue weighted by Crippen LogP contribution is 2.31. The second-order valence-electron chi connectivity index (χ2n) is 4.36. The first-order valence-corrected chi connectivity index (χ1v) is 6.21. The van der Waals surface area contributed by atoms with E-state index in [0.717, 1.165) is 11.3 Å². The zero-order chi connectivity index (χ0) is 14.0. The number of hydrogen-bond donors (Lipinski definition) is 2. The average molecular weight is 278 g/mol. The number of hydrogen-bond acceptors (Lipinski definition) is 5. The Labute approximate surface area is 117 Å². The van der Waals surface area contributed by atoms with E-state index in [-0.39, 0.29) is 0 Å². The van der Waals surface area contributed by atoms with E-state index >= 15 is 0 Å². The van der Waals surface area contributed by atoms with Crippen LogP contribution < -0.4 is 16.2 Å². The highest BCUT2D eigenvalue weighted by atomic mass is 35.5. The van der Waals surface area contributed by atoms with E-state index in [0.29, 0.717) is 16.8 Å². The molecule has 0 aliphatic carbocycles. The van der Waals surface area contributed by atoms with Crippen molar-refractivity contribution in [3.8, 4) is 0 Å². The van der Waals surface area contributed by atoms with Gasteiger partial charge in [-0.2, -0.15) is 4.98 Å². The molecule has 0 saturated heterocycles. The van der Waals surface area contributed by atoms with Crippen LogP contribution in [0.2, 0.25) is 5.02 Å². The van der Waals surface area contributed by atoms with Crippen molar-refractivity contribution < 1.29 is 0 Å². The predicted molar refractivity (Wildman–Crippen MR) is 78.8 cm³/mol. The van der Waals surface area contributed by atoms with Gasteiger partial charge in [0.05, 0.1) is 6.20 Å². The van der Waals surface area contributed by atoms with Gasteiger partial charge in [-0.25, -0.2) is 10.8 Å². The van der Waals surface area contributed by atoms with Gasteiger partial charge < -0.3 is 4.90 Å². The summed E-state index contributed by atoms with van der Waals surface area (Å²) < 4.78 is 0. The van der Waals surface area contributed by atoms with Crippen LogP contribution >= 0.6 is 11.6 Å². The van der Waals surface area contributed by atoms with Crippen LogP contribution in [0.15, 0.2) is 24.4 Å². The Balaban J connectivity index is 2.46. The van der Waals surface area contributed by atoms with E-state index in [2.05, 4.69) is 41.4 Å². The molecule has 0 aliphatic rings. The number of aryl methyl sites for hydroxylation is 2. The minimum Gasteiger partial charge on any atom is -0.328 e. The molecule has 0 aliphatic heterocycles. The largest absolute Gasteiger partial charge is 0.328 e. The minimum atomic E-state index is 0.330. The molecule has 0 fully saturated rings. The maximum Gasteiger partial charge on any atom is 0.239 e. The Morgan fingerprint density at radius 3 is 2.68 bits per heavy atom. The minimum absolute atomic E-state index is 0.330. The number of nitrogens with zero attached hydrogens (tertiary/aromatic N) is 3. The first kappa shape index (κ1) is 13.6. The van der Waals surface area contributed by atoms with Crippen molar-refractivity contribution in [3.63, 3.8) is 0 Å². The van der Waals surface area contributed by atoms with Gasteiger partial charge in [0.2, 0.25) is 5.95 Å². The topological polar surface area (TPSA) is 67.1 Å². The Bertz CT molecular complexity index is 600. The fourth-order valence-electron chi connectivity index (χ4n) is 1.96. The molecule has 6 heteroatoms. The Morgan fingerprint density at radius 2 is 2.05 bits per heavy atom. The molecule has 0 amide bonds. The van der Waals surface area contributed by atoms with Crippen LogP contribution in [0.5, 0.6) is 0 Å². The molecule has 100 valence electrons. The molecule has 0 bridgehead atoms. The third-order valence-electron chi connectivity index (χ3n) is 2.89. The van der Waals surface area contributed by atoms with Crippen LogP contribution in [0, 0.1) is 13.8 Å². The second-order valence-corrected chi connectivity index (χ2v) is 4.77. The summed E-state index contributed by atoms with van der Waals surface area (Å²) in [6, 6.07) is 6.21. The summed E-state index contributed by atoms with van der Waals surface area (Å²) in [6.07, 6.45) is 1.53. The predicted octanol–water partition coefficient (Wildman–Crippen LogP) is 2.80. The fraction of sp³-hybridized carbons (Fsp3) is 0.231. The van der Waals surface area contributed by atoms with Gasteiger partial charge in [-0.3, -0.25) is 5.43 Å². The van der Waals surface area contributed by atoms with E-state index in [1.807, 2.05) is 18.0 Å². The standard InChI is InChI=1S/C13H16ClN5/c1-8-4-5-11(9(2)6-8)19(3)12-10(14)7-16-13(17-12)18-15/h4-7H,15H2,1-3H3,(H,16,17,18). The monoisotopic (exact) mass is 277 g/mol. The molecule has 0 saturated carbocycles. The van der Waals surface area contributed by atoms with Crippen molar-refractivity contribution in [3.05, 3.63) is 40.5 Å². The van der Waals surface area contributed by atoms with Crippen molar-refractivity contribution in [1.82, 2.24) is 9.97 Å². The molecule has 2 aromatic rings. The number of hydrazine groups is 1. The fourth-order valence-corrected chi connectivity index (χ4v) is 2.18. The summed E-state index contributed by atoms with van der Waals surface area (Å²) in [5.74, 6) is 6.26. The van der Waals surface area contributed by atoms with E-state index < -0.39 is 0 Å². The summed E-state index contributed by atoms with van der Waals surface area (Å²) >= 11 is 6.15. The number of halogens is 1. The lowest BCUT2D eigenvalue weighted by molar-refractivity contribution is 1.06. The van der Waals surface area contributed by atoms with Crippen molar-refractivity contribution in [2.75, 3.05) is 17.4 Å². The first-order valence-electron chi connectivity index (χ1n) is 5.83. The number of nitrogens with one attached hydrogen (secondary N) is 1. The maximum absolute atomic E-state index is 6.15. The van der Waals surface area contributed by atoms with Crippen molar-refractivity contribution in [2.24, 2.45) is 5.84 Å². The van der Waals surface area contributed by atoms with Crippen LogP contribution in [-0.4, -0.2) is 17.0 Å². The molecule has 0 radical (unpaired) electrons. The van der Waals surface area contributed by atoms with Gasteiger partial charge in [-0.1, -0.05) is 29.3 Å². The van der Waals surface area contributed by atoms with E-state index in [1.54, 1.807) is 0 Å². The van der Waals surface area contributed by atoms with Gasteiger partial charge in [0.1, 0.15) is 5.02 Å². The van der Waals surface area contributed by atoms with Gasteiger partial charge in [-0.15, -0.1) is 0 Å². The molecule has 1 aromatic heterocycles. The lowest BCUT2D eigenvalue weighted by Gasteiger charge is -2.22. The highest BCUT2D eigenvalue weighted by molar-refractivity contribution is 6.33. The number of rotatable bonds is 3. The first-order chi connectivity index (χ1) is 9.02. The van der Waals surface area contributed by atoms with Gasteiger partial charge in [0.15, 0.2) is 5.82 Å². The molecular formula is C13H16ClN5. The number of aromatic nitrogens is 2. The van der Waals surface area contributed by atoms with Crippen LogP contribution in [0.25, 0.3) is 0 Å². The van der Waals surface area contributed by atoms with E-state index in [9.17, 15) is 0 Å². The van der Waals surface area contributed by atoms with Crippen LogP contribution in [0.4, 0.5) is 17.5 Å². The molecular weight excluding hydrogens is 262 g/mol. The quantitative estimate of drug-likeness (QED) is 0.667. The van der Waals surface area contributed by atoms with E-state index in [1.165, 1.54) is 11.8 Å². The third kappa shape index (κ3) is 2.77. The zero-order valence-electron chi connectivity index (χ0n) is 11.1. The molecule has 5 nitrogen and oxygen atoms in total. The maximum atomic E-state index is 6.15. The smallest absolute Gasteiger partial charge is 0.239 e. The molecule has 0 spiro atoms. The number of benzene rings is 1. The van der Waals surface area contributed by atoms with Crippen LogP contribution in [0.3, 0.4) is 0 Å². The molecule has 0 atom stereocenters. The summed E-state index contributed by atoms with van der Waals surface area (Å²) in [5, 5.41) is 0.474. The summed E-state index contributed by atoms with van der Waals surface area (Å²) in [4.78, 5) is 10.2. The second kappa shape index (κ2) is 5.42. The molecule has 2 rings (SSSR count). The van der Waals surface area contributed by atoms with Crippen LogP contribution in [-0.2, 0) is 0 Å². The lowest BCUT2D eigenvalue weighted by Crippen LogP contribution is -2.16. The highest BCUT2D eigenvalue weighted by Gasteiger charge is 2.13. The number of anilines is 3. The Hall–Kier alpha value is -1.85.